The molecule has 1 aliphatic rings. The van der Waals surface area contributed by atoms with Gasteiger partial charge in [-0.2, -0.15) is 5.43 Å². The molecule has 1 aliphatic heterocycles. The predicted octanol–water partition coefficient (Wildman–Crippen LogP) is 2.46. The van der Waals surface area contributed by atoms with Crippen LogP contribution >= 0.6 is 11.6 Å². The Balaban J connectivity index is 1.77. The highest BCUT2D eigenvalue weighted by molar-refractivity contribution is 6.30. The molecule has 0 aromatic heterocycles. The van der Waals surface area contributed by atoms with Gasteiger partial charge in [0.25, 0.3) is 5.91 Å². The van der Waals surface area contributed by atoms with Gasteiger partial charge < -0.3 is 14.2 Å². The van der Waals surface area contributed by atoms with Crippen LogP contribution in [0.5, 0.6) is 11.5 Å². The fourth-order valence-corrected chi connectivity index (χ4v) is 2.64. The first-order valence-corrected chi connectivity index (χ1v) is 7.70. The summed E-state index contributed by atoms with van der Waals surface area (Å²) in [7, 11) is 2.92. The maximum Gasteiger partial charge on any atom is 0.344 e. The van der Waals surface area contributed by atoms with E-state index in [9.17, 15) is 9.59 Å². The second-order valence-electron chi connectivity index (χ2n) is 5.16. The van der Waals surface area contributed by atoms with E-state index >= 15 is 0 Å². The van der Waals surface area contributed by atoms with Crippen molar-refractivity contribution in [3.63, 3.8) is 0 Å². The number of fused-ring (bicyclic) bond motifs is 1. The third kappa shape index (κ3) is 3.24. The zero-order valence-corrected chi connectivity index (χ0v) is 14.2. The Kier molecular flexibility index (Phi) is 4.78. The number of carbonyl (C=O) groups excluding carboxylic acids is 2. The number of esters is 1. The maximum atomic E-state index is 12.2. The number of halogens is 1. The van der Waals surface area contributed by atoms with Crippen LogP contribution in [0, 0.1) is 0 Å². The first-order valence-electron chi connectivity index (χ1n) is 7.32. The Morgan fingerprint density at radius 3 is 2.48 bits per heavy atom. The molecule has 1 heterocycles. The number of ether oxygens (including phenoxy) is 3. The molecule has 3 rings (SSSR count). The number of benzene rings is 2. The van der Waals surface area contributed by atoms with Crippen LogP contribution in [-0.2, 0) is 4.74 Å². The van der Waals surface area contributed by atoms with Crippen LogP contribution in [0.15, 0.2) is 36.4 Å². The summed E-state index contributed by atoms with van der Waals surface area (Å²) in [6.45, 7) is 0. The van der Waals surface area contributed by atoms with Crippen molar-refractivity contribution >= 4 is 23.5 Å². The number of cyclic esters (lactones) is 1. The van der Waals surface area contributed by atoms with E-state index in [4.69, 9.17) is 25.8 Å². The number of hydrogen-bond acceptors (Lipinski definition) is 6. The molecular weight excluding hydrogens is 348 g/mol. The number of amides is 1. The van der Waals surface area contributed by atoms with Gasteiger partial charge in [-0.1, -0.05) is 11.6 Å². The van der Waals surface area contributed by atoms with Gasteiger partial charge >= 0.3 is 5.97 Å². The minimum atomic E-state index is -0.835. The molecule has 0 aliphatic carbocycles. The van der Waals surface area contributed by atoms with Gasteiger partial charge in [0.1, 0.15) is 5.56 Å². The lowest BCUT2D eigenvalue weighted by Crippen LogP contribution is -2.40. The van der Waals surface area contributed by atoms with E-state index in [1.165, 1.54) is 14.2 Å². The first-order chi connectivity index (χ1) is 12.0. The van der Waals surface area contributed by atoms with Crippen molar-refractivity contribution in [2.75, 3.05) is 14.2 Å². The lowest BCUT2D eigenvalue weighted by Gasteiger charge is -2.14. The summed E-state index contributed by atoms with van der Waals surface area (Å²) in [6.07, 6.45) is -0.835. The molecule has 0 bridgehead atoms. The minimum absolute atomic E-state index is 0.264. The number of nitrogens with one attached hydrogen (secondary N) is 2. The van der Waals surface area contributed by atoms with Crippen LogP contribution in [0.25, 0.3) is 0 Å². The molecule has 2 aromatic rings. The molecular formula is C17H15ClN2O5. The smallest absolute Gasteiger partial charge is 0.344 e. The highest BCUT2D eigenvalue weighted by Crippen LogP contribution is 2.40. The second kappa shape index (κ2) is 7.00. The van der Waals surface area contributed by atoms with Crippen LogP contribution in [0.3, 0.4) is 0 Å². The van der Waals surface area contributed by atoms with Gasteiger partial charge in [0, 0.05) is 16.1 Å². The molecule has 0 saturated heterocycles. The van der Waals surface area contributed by atoms with Crippen molar-refractivity contribution in [1.29, 1.82) is 0 Å². The number of carbonyl (C=O) groups is 2. The maximum absolute atomic E-state index is 12.2. The van der Waals surface area contributed by atoms with Crippen molar-refractivity contribution < 1.29 is 23.8 Å². The Hall–Kier alpha value is -2.77. The van der Waals surface area contributed by atoms with E-state index in [1.807, 2.05) is 0 Å². The molecule has 1 atom stereocenters. The van der Waals surface area contributed by atoms with Crippen LogP contribution in [0.1, 0.15) is 32.5 Å². The standard InChI is InChI=1S/C17H15ClN2O5/c1-23-12-8-7-11-13(14(12)24-2)17(22)25-16(11)20-19-15(21)9-3-5-10(18)6-4-9/h3-8,16,20H,1-2H3,(H,19,21). The normalized spacial score (nSPS) is 15.3. The molecule has 25 heavy (non-hydrogen) atoms. The van der Waals surface area contributed by atoms with Gasteiger partial charge in [-0.25, -0.2) is 4.79 Å². The number of hydrazine groups is 1. The number of hydrogen-bond donors (Lipinski definition) is 2. The van der Waals surface area contributed by atoms with Crippen LogP contribution < -0.4 is 20.3 Å². The Morgan fingerprint density at radius 2 is 1.84 bits per heavy atom. The fourth-order valence-electron chi connectivity index (χ4n) is 2.51. The Bertz CT molecular complexity index is 823. The third-order valence-electron chi connectivity index (χ3n) is 3.71. The summed E-state index contributed by atoms with van der Waals surface area (Å²) in [4.78, 5) is 24.3. The van der Waals surface area contributed by atoms with Gasteiger partial charge in [0.05, 0.1) is 14.2 Å². The third-order valence-corrected chi connectivity index (χ3v) is 3.96. The number of rotatable bonds is 5. The van der Waals surface area contributed by atoms with Gasteiger partial charge in [0.2, 0.25) is 0 Å². The van der Waals surface area contributed by atoms with E-state index in [2.05, 4.69) is 10.9 Å². The molecule has 7 nitrogen and oxygen atoms in total. The summed E-state index contributed by atoms with van der Waals surface area (Å²) in [5, 5.41) is 0.532. The molecule has 1 amide bonds. The number of methoxy groups -OCH3 is 2. The Morgan fingerprint density at radius 1 is 1.12 bits per heavy atom. The first kappa shape index (κ1) is 17.1. The van der Waals surface area contributed by atoms with Crippen LogP contribution in [0.2, 0.25) is 5.02 Å². The lowest BCUT2D eigenvalue weighted by atomic mass is 10.1. The molecule has 0 fully saturated rings. The molecule has 130 valence electrons. The lowest BCUT2D eigenvalue weighted by molar-refractivity contribution is 0.0260. The topological polar surface area (TPSA) is 85.9 Å². The molecule has 0 saturated carbocycles. The summed E-state index contributed by atoms with van der Waals surface area (Å²) in [5.74, 6) is -0.243. The van der Waals surface area contributed by atoms with Gasteiger partial charge in [-0.05, 0) is 36.4 Å². The van der Waals surface area contributed by atoms with Crippen molar-refractivity contribution in [1.82, 2.24) is 10.9 Å². The molecule has 2 aromatic carbocycles. The average molecular weight is 363 g/mol. The van der Waals surface area contributed by atoms with Crippen LogP contribution in [0.4, 0.5) is 0 Å². The van der Waals surface area contributed by atoms with E-state index < -0.39 is 12.2 Å². The van der Waals surface area contributed by atoms with Crippen molar-refractivity contribution in [3.8, 4) is 11.5 Å². The molecule has 0 spiro atoms. The average Bonchev–Trinajstić information content (AvgIpc) is 2.95. The highest BCUT2D eigenvalue weighted by Gasteiger charge is 2.36. The van der Waals surface area contributed by atoms with E-state index in [1.54, 1.807) is 36.4 Å². The van der Waals surface area contributed by atoms with Crippen molar-refractivity contribution in [3.05, 3.63) is 58.1 Å². The van der Waals surface area contributed by atoms with Gasteiger partial charge in [-0.3, -0.25) is 10.2 Å². The van der Waals surface area contributed by atoms with Crippen molar-refractivity contribution in [2.45, 2.75) is 6.23 Å². The summed E-state index contributed by atoms with van der Waals surface area (Å²) in [6, 6.07) is 9.73. The molecule has 1 unspecified atom stereocenters. The summed E-state index contributed by atoms with van der Waals surface area (Å²) < 4.78 is 15.7. The van der Waals surface area contributed by atoms with E-state index in [-0.39, 0.29) is 11.5 Å². The van der Waals surface area contributed by atoms with E-state index in [0.29, 0.717) is 27.6 Å². The molecule has 0 radical (unpaired) electrons. The summed E-state index contributed by atoms with van der Waals surface area (Å²) in [5.41, 5.74) is 6.42. The molecule has 8 heteroatoms. The Labute approximate surface area is 148 Å². The van der Waals surface area contributed by atoms with Gasteiger partial charge in [0.15, 0.2) is 17.7 Å². The second-order valence-corrected chi connectivity index (χ2v) is 5.59. The largest absolute Gasteiger partial charge is 0.493 e. The van der Waals surface area contributed by atoms with Gasteiger partial charge in [-0.15, -0.1) is 0 Å². The quantitative estimate of drug-likeness (QED) is 0.627. The van der Waals surface area contributed by atoms with Crippen LogP contribution in [-0.4, -0.2) is 26.1 Å². The fraction of sp³-hybridized carbons (Fsp3) is 0.176. The van der Waals surface area contributed by atoms with Crippen molar-refractivity contribution in [2.24, 2.45) is 0 Å². The zero-order chi connectivity index (χ0) is 18.0. The SMILES string of the molecule is COc1ccc2c(c1OC)C(=O)OC2NNC(=O)c1ccc(Cl)cc1. The highest BCUT2D eigenvalue weighted by atomic mass is 35.5. The monoisotopic (exact) mass is 362 g/mol. The molecule has 2 N–H and O–H groups in total. The minimum Gasteiger partial charge on any atom is -0.493 e. The predicted molar refractivity (Wildman–Crippen MR) is 89.8 cm³/mol. The van der Waals surface area contributed by atoms with E-state index in [0.717, 1.165) is 0 Å². The summed E-state index contributed by atoms with van der Waals surface area (Å²) >= 11 is 5.80. The zero-order valence-electron chi connectivity index (χ0n) is 13.5.